The van der Waals surface area contributed by atoms with Crippen molar-refractivity contribution in [3.05, 3.63) is 29.6 Å². The minimum absolute atomic E-state index is 0.541. The molecule has 2 nitrogen and oxygen atoms in total. The molecule has 0 radical (unpaired) electrons. The van der Waals surface area contributed by atoms with Crippen molar-refractivity contribution in [1.82, 2.24) is 4.98 Å². The van der Waals surface area contributed by atoms with Gasteiger partial charge >= 0.3 is 0 Å². The second kappa shape index (κ2) is 6.41. The molecule has 2 N–H and O–H groups in total. The van der Waals surface area contributed by atoms with Gasteiger partial charge in [0.2, 0.25) is 0 Å². The summed E-state index contributed by atoms with van der Waals surface area (Å²) in [5.74, 6) is 2.02. The minimum Gasteiger partial charge on any atom is -0.325 e. The van der Waals surface area contributed by atoms with E-state index in [9.17, 15) is 0 Å². The zero-order valence-corrected chi connectivity index (χ0v) is 11.4. The molecular weight excluding hydrogens is 228 g/mol. The van der Waals surface area contributed by atoms with Gasteiger partial charge in [-0.15, -0.1) is 0 Å². The van der Waals surface area contributed by atoms with Gasteiger partial charge in [0, 0.05) is 23.7 Å². The van der Waals surface area contributed by atoms with E-state index in [2.05, 4.69) is 35.8 Å². The first-order valence-corrected chi connectivity index (χ1v) is 7.58. The smallest absolute Gasteiger partial charge is 0.0542 e. The third-order valence-corrected chi connectivity index (χ3v) is 4.86. The van der Waals surface area contributed by atoms with E-state index < -0.39 is 0 Å². The summed E-state index contributed by atoms with van der Waals surface area (Å²) in [6, 6.07) is 4.25. The molecule has 0 aromatic carbocycles. The summed E-state index contributed by atoms with van der Waals surface area (Å²) in [6.07, 6.45) is 7.48. The number of hydrogen-bond donors (Lipinski definition) is 1. The van der Waals surface area contributed by atoms with E-state index in [1.807, 2.05) is 6.20 Å². The Hall–Kier alpha value is -0.540. The second-order valence-electron chi connectivity index (χ2n) is 5.06. The Labute approximate surface area is 108 Å². The molecule has 17 heavy (non-hydrogen) atoms. The third kappa shape index (κ3) is 4.00. The van der Waals surface area contributed by atoms with Gasteiger partial charge in [-0.25, -0.2) is 0 Å². The van der Waals surface area contributed by atoms with E-state index >= 15 is 0 Å². The standard InChI is InChI=1S/C14H22N2S/c1-11-3-2-4-14(7-11)17-10-12-5-6-16-13(8-12)9-15/h5-6,8,11,14H,2-4,7,9-10,15H2,1H3. The summed E-state index contributed by atoms with van der Waals surface area (Å²) in [7, 11) is 0. The van der Waals surface area contributed by atoms with Gasteiger partial charge in [-0.3, -0.25) is 4.98 Å². The van der Waals surface area contributed by atoms with Crippen molar-refractivity contribution in [1.29, 1.82) is 0 Å². The number of aromatic nitrogens is 1. The SMILES string of the molecule is CC1CCCC(SCc2ccnc(CN)c2)C1. The lowest BCUT2D eigenvalue weighted by molar-refractivity contribution is 0.394. The van der Waals surface area contributed by atoms with E-state index in [1.54, 1.807) is 0 Å². The predicted octanol–water partition coefficient (Wildman–Crippen LogP) is 3.35. The highest BCUT2D eigenvalue weighted by molar-refractivity contribution is 7.99. The molecule has 1 fully saturated rings. The summed E-state index contributed by atoms with van der Waals surface area (Å²) in [6.45, 7) is 2.92. The van der Waals surface area contributed by atoms with E-state index in [0.29, 0.717) is 6.54 Å². The Kier molecular flexibility index (Phi) is 4.86. The van der Waals surface area contributed by atoms with Gasteiger partial charge in [-0.2, -0.15) is 11.8 Å². The Morgan fingerprint density at radius 1 is 1.47 bits per heavy atom. The molecule has 1 saturated carbocycles. The molecule has 0 amide bonds. The van der Waals surface area contributed by atoms with Crippen LogP contribution in [0, 0.1) is 5.92 Å². The van der Waals surface area contributed by atoms with Crippen LogP contribution in [0.4, 0.5) is 0 Å². The van der Waals surface area contributed by atoms with Crippen LogP contribution in [0.1, 0.15) is 43.9 Å². The normalized spacial score (nSPS) is 24.8. The first-order valence-electron chi connectivity index (χ1n) is 6.53. The van der Waals surface area contributed by atoms with E-state index in [4.69, 9.17) is 5.73 Å². The Morgan fingerprint density at radius 2 is 2.35 bits per heavy atom. The van der Waals surface area contributed by atoms with Crippen molar-refractivity contribution in [3.8, 4) is 0 Å². The van der Waals surface area contributed by atoms with Gasteiger partial charge < -0.3 is 5.73 Å². The highest BCUT2D eigenvalue weighted by Crippen LogP contribution is 2.33. The lowest BCUT2D eigenvalue weighted by Gasteiger charge is -2.26. The molecule has 1 aliphatic rings. The van der Waals surface area contributed by atoms with Crippen LogP contribution in [0.3, 0.4) is 0 Å². The maximum atomic E-state index is 5.61. The number of hydrogen-bond acceptors (Lipinski definition) is 3. The molecule has 1 aromatic rings. The first kappa shape index (κ1) is 12.9. The van der Waals surface area contributed by atoms with E-state index in [-0.39, 0.29) is 0 Å². The lowest BCUT2D eigenvalue weighted by atomic mass is 9.91. The number of nitrogens with two attached hydrogens (primary N) is 1. The molecule has 94 valence electrons. The fourth-order valence-corrected chi connectivity index (χ4v) is 3.88. The quantitative estimate of drug-likeness (QED) is 0.890. The minimum atomic E-state index is 0.541. The monoisotopic (exact) mass is 250 g/mol. The molecule has 2 atom stereocenters. The topological polar surface area (TPSA) is 38.9 Å². The summed E-state index contributed by atoms with van der Waals surface area (Å²) in [5.41, 5.74) is 7.97. The van der Waals surface area contributed by atoms with E-state index in [0.717, 1.165) is 22.6 Å². The Balaban J connectivity index is 1.84. The first-order chi connectivity index (χ1) is 8.28. The number of rotatable bonds is 4. The van der Waals surface area contributed by atoms with Crippen LogP contribution < -0.4 is 5.73 Å². The molecule has 1 aromatic heterocycles. The third-order valence-electron chi connectivity index (χ3n) is 3.46. The average molecular weight is 250 g/mol. The fraction of sp³-hybridized carbons (Fsp3) is 0.643. The fourth-order valence-electron chi connectivity index (χ4n) is 2.47. The van der Waals surface area contributed by atoms with Crippen molar-refractivity contribution in [2.24, 2.45) is 11.7 Å². The summed E-state index contributed by atoms with van der Waals surface area (Å²) >= 11 is 2.10. The lowest BCUT2D eigenvalue weighted by Crippen LogP contribution is -2.15. The summed E-state index contributed by atoms with van der Waals surface area (Å²) in [4.78, 5) is 4.23. The van der Waals surface area contributed by atoms with Crippen molar-refractivity contribution in [2.45, 2.75) is 50.2 Å². The number of nitrogens with zero attached hydrogens (tertiary/aromatic N) is 1. The Morgan fingerprint density at radius 3 is 3.12 bits per heavy atom. The zero-order valence-electron chi connectivity index (χ0n) is 10.6. The van der Waals surface area contributed by atoms with Crippen molar-refractivity contribution < 1.29 is 0 Å². The Bertz CT molecular complexity index is 354. The van der Waals surface area contributed by atoms with E-state index in [1.165, 1.54) is 31.2 Å². The molecule has 0 spiro atoms. The molecular formula is C14H22N2S. The molecule has 0 saturated heterocycles. The van der Waals surface area contributed by atoms with Crippen molar-refractivity contribution in [3.63, 3.8) is 0 Å². The van der Waals surface area contributed by atoms with Gasteiger partial charge in [-0.1, -0.05) is 19.8 Å². The van der Waals surface area contributed by atoms with Gasteiger partial charge in [0.15, 0.2) is 0 Å². The van der Waals surface area contributed by atoms with Crippen LogP contribution in [-0.4, -0.2) is 10.2 Å². The van der Waals surface area contributed by atoms with Gasteiger partial charge in [0.05, 0.1) is 5.69 Å². The molecule has 1 heterocycles. The van der Waals surface area contributed by atoms with Crippen molar-refractivity contribution >= 4 is 11.8 Å². The number of pyridine rings is 1. The summed E-state index contributed by atoms with van der Waals surface area (Å²) < 4.78 is 0. The van der Waals surface area contributed by atoms with Crippen LogP contribution >= 0.6 is 11.8 Å². The second-order valence-corrected chi connectivity index (χ2v) is 6.35. The van der Waals surface area contributed by atoms with Crippen LogP contribution in [0.15, 0.2) is 18.3 Å². The van der Waals surface area contributed by atoms with Gasteiger partial charge in [-0.05, 0) is 36.5 Å². The molecule has 2 unspecified atom stereocenters. The maximum Gasteiger partial charge on any atom is 0.0542 e. The van der Waals surface area contributed by atoms with Gasteiger partial charge in [0.1, 0.15) is 0 Å². The zero-order chi connectivity index (χ0) is 12.1. The van der Waals surface area contributed by atoms with Crippen LogP contribution in [0.5, 0.6) is 0 Å². The highest BCUT2D eigenvalue weighted by Gasteiger charge is 2.18. The maximum absolute atomic E-state index is 5.61. The molecule has 1 aliphatic carbocycles. The van der Waals surface area contributed by atoms with Gasteiger partial charge in [0.25, 0.3) is 0 Å². The summed E-state index contributed by atoms with van der Waals surface area (Å²) in [5, 5.41) is 0.855. The molecule has 0 aliphatic heterocycles. The van der Waals surface area contributed by atoms with Crippen molar-refractivity contribution in [2.75, 3.05) is 0 Å². The molecule has 2 rings (SSSR count). The molecule has 0 bridgehead atoms. The predicted molar refractivity (Wildman–Crippen MR) is 74.8 cm³/mol. The number of thioether (sulfide) groups is 1. The van der Waals surface area contributed by atoms with Crippen LogP contribution in [0.25, 0.3) is 0 Å². The molecule has 3 heteroatoms. The average Bonchev–Trinajstić information content (AvgIpc) is 2.37. The highest BCUT2D eigenvalue weighted by atomic mass is 32.2. The largest absolute Gasteiger partial charge is 0.325 e. The van der Waals surface area contributed by atoms with Crippen LogP contribution in [-0.2, 0) is 12.3 Å². The van der Waals surface area contributed by atoms with Crippen LogP contribution in [0.2, 0.25) is 0 Å².